The Morgan fingerprint density at radius 2 is 2.08 bits per heavy atom. The molecule has 0 unspecified atom stereocenters. The summed E-state index contributed by atoms with van der Waals surface area (Å²) in [6, 6.07) is 0. The van der Waals surface area contributed by atoms with Crippen LogP contribution >= 0.6 is 11.3 Å². The van der Waals surface area contributed by atoms with E-state index in [4.69, 9.17) is 6.42 Å². The highest BCUT2D eigenvalue weighted by atomic mass is 32.1. The van der Waals surface area contributed by atoms with Crippen molar-refractivity contribution in [2.75, 3.05) is 20.1 Å². The van der Waals surface area contributed by atoms with E-state index in [1.807, 2.05) is 5.38 Å². The van der Waals surface area contributed by atoms with Crippen LogP contribution in [0.3, 0.4) is 0 Å². The fourth-order valence-corrected chi connectivity index (χ4v) is 4.99. The standard InChI is InChI=1S/C20H25NO2S/c1-4-14-12-24-19(20(22)23)18(14)16-9-10-21(3)11-17(16)15-7-5-13(2)6-8-15/h1,12-13,15H,5-11H2,2-3H3,(H,22,23). The molecular weight excluding hydrogens is 318 g/mol. The zero-order chi connectivity index (χ0) is 17.3. The molecule has 0 atom stereocenters. The van der Waals surface area contributed by atoms with Gasteiger partial charge in [-0.2, -0.15) is 0 Å². The van der Waals surface area contributed by atoms with E-state index < -0.39 is 5.97 Å². The predicted molar refractivity (Wildman–Crippen MR) is 99.4 cm³/mol. The minimum atomic E-state index is -0.862. The molecule has 128 valence electrons. The number of rotatable bonds is 3. The molecule has 1 aliphatic heterocycles. The van der Waals surface area contributed by atoms with Gasteiger partial charge in [0.2, 0.25) is 0 Å². The van der Waals surface area contributed by atoms with Crippen molar-refractivity contribution >= 4 is 22.9 Å². The molecule has 0 amide bonds. The summed E-state index contributed by atoms with van der Waals surface area (Å²) in [6.07, 6.45) is 11.5. The SMILES string of the molecule is C#Cc1csc(C(=O)O)c1C1=C(C2CCC(C)CC2)CN(C)CC1. The minimum absolute atomic E-state index is 0.407. The van der Waals surface area contributed by atoms with Gasteiger partial charge in [-0.3, -0.25) is 0 Å². The third kappa shape index (κ3) is 3.29. The summed E-state index contributed by atoms with van der Waals surface area (Å²) < 4.78 is 0. The van der Waals surface area contributed by atoms with E-state index in [2.05, 4.69) is 24.8 Å². The van der Waals surface area contributed by atoms with Crippen molar-refractivity contribution in [3.05, 3.63) is 27.0 Å². The van der Waals surface area contributed by atoms with Gasteiger partial charge >= 0.3 is 5.97 Å². The largest absolute Gasteiger partial charge is 0.477 e. The first-order chi connectivity index (χ1) is 11.5. The number of carboxylic acid groups (broad SMARTS) is 1. The second-order valence-corrected chi connectivity index (χ2v) is 8.13. The van der Waals surface area contributed by atoms with Crippen molar-refractivity contribution in [2.24, 2.45) is 11.8 Å². The van der Waals surface area contributed by atoms with Crippen LogP contribution in [0.1, 0.15) is 59.8 Å². The first-order valence-electron chi connectivity index (χ1n) is 8.73. The molecule has 1 fully saturated rings. The lowest BCUT2D eigenvalue weighted by Gasteiger charge is -2.36. The molecule has 2 heterocycles. The first-order valence-corrected chi connectivity index (χ1v) is 9.61. The monoisotopic (exact) mass is 343 g/mol. The highest BCUT2D eigenvalue weighted by molar-refractivity contribution is 7.12. The Morgan fingerprint density at radius 1 is 1.38 bits per heavy atom. The van der Waals surface area contributed by atoms with E-state index >= 15 is 0 Å². The predicted octanol–water partition coefficient (Wildman–Crippen LogP) is 4.34. The Hall–Kier alpha value is -1.57. The number of hydrogen-bond acceptors (Lipinski definition) is 3. The lowest BCUT2D eigenvalue weighted by atomic mass is 9.75. The minimum Gasteiger partial charge on any atom is -0.477 e. The van der Waals surface area contributed by atoms with Gasteiger partial charge in [0.1, 0.15) is 4.88 Å². The van der Waals surface area contributed by atoms with Crippen molar-refractivity contribution < 1.29 is 9.90 Å². The van der Waals surface area contributed by atoms with Gasteiger partial charge in [0.15, 0.2) is 0 Å². The van der Waals surface area contributed by atoms with Crippen LogP contribution in [0.25, 0.3) is 5.57 Å². The van der Waals surface area contributed by atoms with Gasteiger partial charge in [-0.1, -0.05) is 25.7 Å². The maximum atomic E-state index is 11.7. The van der Waals surface area contributed by atoms with Crippen molar-refractivity contribution in [3.63, 3.8) is 0 Å². The van der Waals surface area contributed by atoms with E-state index in [9.17, 15) is 9.90 Å². The molecule has 0 bridgehead atoms. The van der Waals surface area contributed by atoms with Gasteiger partial charge in [0, 0.05) is 29.6 Å². The Balaban J connectivity index is 2.08. The number of carbonyl (C=O) groups is 1. The molecule has 0 radical (unpaired) electrons. The van der Waals surface area contributed by atoms with Gasteiger partial charge in [0.05, 0.1) is 0 Å². The van der Waals surface area contributed by atoms with Crippen LogP contribution in [0.4, 0.5) is 0 Å². The Labute approximate surface area is 148 Å². The van der Waals surface area contributed by atoms with E-state index in [1.54, 1.807) is 0 Å². The number of nitrogens with zero attached hydrogens (tertiary/aromatic N) is 1. The molecule has 24 heavy (non-hydrogen) atoms. The normalized spacial score (nSPS) is 25.5. The molecule has 0 saturated heterocycles. The number of thiophene rings is 1. The fraction of sp³-hybridized carbons (Fsp3) is 0.550. The van der Waals surface area contributed by atoms with Gasteiger partial charge in [-0.05, 0) is 49.3 Å². The Morgan fingerprint density at radius 3 is 2.71 bits per heavy atom. The van der Waals surface area contributed by atoms with Crippen molar-refractivity contribution in [3.8, 4) is 12.3 Å². The van der Waals surface area contributed by atoms with Gasteiger partial charge in [-0.25, -0.2) is 4.79 Å². The molecule has 2 aliphatic rings. The highest BCUT2D eigenvalue weighted by Crippen LogP contribution is 2.42. The smallest absolute Gasteiger partial charge is 0.346 e. The molecule has 1 N–H and O–H groups in total. The summed E-state index contributed by atoms with van der Waals surface area (Å²) in [5.41, 5.74) is 4.24. The lowest BCUT2D eigenvalue weighted by Crippen LogP contribution is -2.32. The average Bonchev–Trinajstić information content (AvgIpc) is 2.99. The second kappa shape index (κ2) is 7.13. The Bertz CT molecular complexity index is 702. The van der Waals surface area contributed by atoms with Crippen LogP contribution in [-0.4, -0.2) is 36.1 Å². The summed E-state index contributed by atoms with van der Waals surface area (Å²) >= 11 is 1.26. The van der Waals surface area contributed by atoms with Crippen molar-refractivity contribution in [2.45, 2.75) is 39.0 Å². The van der Waals surface area contributed by atoms with Gasteiger partial charge < -0.3 is 10.0 Å². The lowest BCUT2D eigenvalue weighted by molar-refractivity contribution is 0.0702. The topological polar surface area (TPSA) is 40.5 Å². The van der Waals surface area contributed by atoms with Crippen LogP contribution < -0.4 is 0 Å². The molecule has 3 nitrogen and oxygen atoms in total. The van der Waals surface area contributed by atoms with E-state index in [-0.39, 0.29) is 0 Å². The number of hydrogen-bond donors (Lipinski definition) is 1. The van der Waals surface area contributed by atoms with Crippen LogP contribution in [0.5, 0.6) is 0 Å². The van der Waals surface area contributed by atoms with Crippen LogP contribution in [0, 0.1) is 24.2 Å². The maximum absolute atomic E-state index is 11.7. The Kier molecular flexibility index (Phi) is 5.12. The first kappa shape index (κ1) is 17.3. The molecule has 1 saturated carbocycles. The number of terminal acetylenes is 1. The maximum Gasteiger partial charge on any atom is 0.346 e. The highest BCUT2D eigenvalue weighted by Gasteiger charge is 2.30. The molecule has 0 aromatic carbocycles. The van der Waals surface area contributed by atoms with Gasteiger partial charge in [0.25, 0.3) is 0 Å². The van der Waals surface area contributed by atoms with Crippen LogP contribution in [0.15, 0.2) is 11.0 Å². The number of aromatic carboxylic acids is 1. The molecule has 1 aliphatic carbocycles. The summed E-state index contributed by atoms with van der Waals surface area (Å²) in [4.78, 5) is 14.4. The van der Waals surface area contributed by atoms with E-state index in [0.717, 1.165) is 36.6 Å². The van der Waals surface area contributed by atoms with Crippen molar-refractivity contribution in [1.29, 1.82) is 0 Å². The zero-order valence-electron chi connectivity index (χ0n) is 14.5. The third-order valence-corrected chi connectivity index (χ3v) is 6.49. The summed E-state index contributed by atoms with van der Waals surface area (Å²) in [5, 5.41) is 11.4. The second-order valence-electron chi connectivity index (χ2n) is 7.25. The molecule has 1 aromatic rings. The fourth-order valence-electron chi connectivity index (χ4n) is 4.12. The molecular formula is C20H25NO2S. The zero-order valence-corrected chi connectivity index (χ0v) is 15.3. The van der Waals surface area contributed by atoms with Crippen LogP contribution in [0.2, 0.25) is 0 Å². The molecule has 0 spiro atoms. The number of carboxylic acids is 1. The quantitative estimate of drug-likeness (QED) is 0.830. The van der Waals surface area contributed by atoms with Crippen molar-refractivity contribution in [1.82, 2.24) is 4.90 Å². The summed E-state index contributed by atoms with van der Waals surface area (Å²) in [6.45, 7) is 4.23. The summed E-state index contributed by atoms with van der Waals surface area (Å²) in [7, 11) is 2.15. The van der Waals surface area contributed by atoms with Gasteiger partial charge in [-0.15, -0.1) is 17.8 Å². The molecule has 1 aromatic heterocycles. The molecule has 3 rings (SSSR count). The van der Waals surface area contributed by atoms with E-state index in [0.29, 0.717) is 10.8 Å². The molecule has 4 heteroatoms. The summed E-state index contributed by atoms with van der Waals surface area (Å²) in [5.74, 6) is 3.23. The van der Waals surface area contributed by atoms with Crippen LogP contribution in [-0.2, 0) is 0 Å². The third-order valence-electron chi connectivity index (χ3n) is 5.52. The number of likely N-dealkylation sites (N-methyl/N-ethyl adjacent to an activating group) is 1. The average molecular weight is 343 g/mol. The van der Waals surface area contributed by atoms with E-state index in [1.165, 1.54) is 48.2 Å².